The summed E-state index contributed by atoms with van der Waals surface area (Å²) in [5.74, 6) is 0.256. The van der Waals surface area contributed by atoms with Crippen LogP contribution in [0.3, 0.4) is 0 Å². The molecule has 0 heterocycles. The van der Waals surface area contributed by atoms with Gasteiger partial charge in [0.15, 0.2) is 0 Å². The van der Waals surface area contributed by atoms with Crippen molar-refractivity contribution in [2.75, 3.05) is 4.90 Å². The molecule has 1 unspecified atom stereocenters. The Morgan fingerprint density at radius 1 is 1.19 bits per heavy atom. The maximum atomic E-state index is 12.9. The Morgan fingerprint density at radius 2 is 1.81 bits per heavy atom. The lowest BCUT2D eigenvalue weighted by Crippen LogP contribution is -2.43. The summed E-state index contributed by atoms with van der Waals surface area (Å²) in [6.45, 7) is 8.42. The molecule has 3 heteroatoms. The van der Waals surface area contributed by atoms with Crippen molar-refractivity contribution < 1.29 is 4.79 Å². The molecule has 2 nitrogen and oxygen atoms in total. The molecule has 0 fully saturated rings. The predicted octanol–water partition coefficient (Wildman–Crippen LogP) is 5.69. The number of amides is 1. The second-order valence-electron chi connectivity index (χ2n) is 5.73. The molecule has 0 aromatic heterocycles. The Hall–Kier alpha value is -1.02. The molecule has 0 aliphatic heterocycles. The number of hydrogen-bond acceptors (Lipinski definition) is 1. The van der Waals surface area contributed by atoms with E-state index in [1.165, 1.54) is 0 Å². The average Bonchev–Trinajstić information content (AvgIpc) is 2.47. The first-order valence-corrected chi connectivity index (χ1v) is 8.51. The Labute approximate surface area is 134 Å². The normalized spacial score (nSPS) is 12.5. The average molecular weight is 310 g/mol. The third-order valence-electron chi connectivity index (χ3n) is 3.97. The molecule has 0 spiro atoms. The standard InChI is InChI=1S/C18H28ClNO/c1-5-9-16(10-6-2)20(18(21)14(4)7-3)17-12-8-11-15(19)13-17/h8,11-14,16H,5-7,9-10H2,1-4H3. The van der Waals surface area contributed by atoms with E-state index in [-0.39, 0.29) is 17.9 Å². The molecule has 1 atom stereocenters. The van der Waals surface area contributed by atoms with E-state index in [1.54, 1.807) is 0 Å². The number of carbonyl (C=O) groups excluding carboxylic acids is 1. The fourth-order valence-corrected chi connectivity index (χ4v) is 2.81. The monoisotopic (exact) mass is 309 g/mol. The molecule has 1 aromatic carbocycles. The van der Waals surface area contributed by atoms with Gasteiger partial charge in [-0.25, -0.2) is 0 Å². The minimum absolute atomic E-state index is 0.0418. The van der Waals surface area contributed by atoms with Crippen molar-refractivity contribution in [2.45, 2.75) is 65.8 Å². The predicted molar refractivity (Wildman–Crippen MR) is 92.0 cm³/mol. The van der Waals surface area contributed by atoms with E-state index in [0.29, 0.717) is 5.02 Å². The number of benzene rings is 1. The fraction of sp³-hybridized carbons (Fsp3) is 0.611. The van der Waals surface area contributed by atoms with Crippen molar-refractivity contribution in [3.05, 3.63) is 29.3 Å². The van der Waals surface area contributed by atoms with E-state index in [2.05, 4.69) is 20.8 Å². The zero-order valence-corrected chi connectivity index (χ0v) is 14.5. The Bertz CT molecular complexity index is 441. The summed E-state index contributed by atoms with van der Waals surface area (Å²) < 4.78 is 0. The van der Waals surface area contributed by atoms with Gasteiger partial charge in [0.1, 0.15) is 0 Å². The Kier molecular flexibility index (Phi) is 7.81. The summed E-state index contributed by atoms with van der Waals surface area (Å²) in [4.78, 5) is 14.9. The van der Waals surface area contributed by atoms with Crippen LogP contribution < -0.4 is 4.90 Å². The van der Waals surface area contributed by atoms with Gasteiger partial charge < -0.3 is 4.90 Å². The van der Waals surface area contributed by atoms with Crippen LogP contribution in [-0.4, -0.2) is 11.9 Å². The number of carbonyl (C=O) groups is 1. The number of halogens is 1. The quantitative estimate of drug-likeness (QED) is 0.604. The van der Waals surface area contributed by atoms with Crippen molar-refractivity contribution in [2.24, 2.45) is 5.92 Å². The molecule has 21 heavy (non-hydrogen) atoms. The van der Waals surface area contributed by atoms with Gasteiger partial charge in [-0.1, -0.05) is 58.2 Å². The molecule has 0 N–H and O–H groups in total. The van der Waals surface area contributed by atoms with Gasteiger partial charge in [0.2, 0.25) is 5.91 Å². The SMILES string of the molecule is CCCC(CCC)N(C(=O)C(C)CC)c1cccc(Cl)c1. The highest BCUT2D eigenvalue weighted by molar-refractivity contribution is 6.30. The first-order valence-electron chi connectivity index (χ1n) is 8.13. The summed E-state index contributed by atoms with van der Waals surface area (Å²) in [5, 5.41) is 0.682. The smallest absolute Gasteiger partial charge is 0.230 e. The summed E-state index contributed by atoms with van der Waals surface area (Å²) in [7, 11) is 0. The zero-order chi connectivity index (χ0) is 15.8. The molecule has 118 valence electrons. The molecule has 0 saturated heterocycles. The Balaban J connectivity index is 3.17. The summed E-state index contributed by atoms with van der Waals surface area (Å²) in [6.07, 6.45) is 5.08. The van der Waals surface area contributed by atoms with Gasteiger partial charge in [-0.05, 0) is 37.5 Å². The molecule has 1 amide bonds. The van der Waals surface area contributed by atoms with Crippen molar-refractivity contribution >= 4 is 23.2 Å². The number of nitrogens with zero attached hydrogens (tertiary/aromatic N) is 1. The third kappa shape index (κ3) is 5.03. The maximum absolute atomic E-state index is 12.9. The Morgan fingerprint density at radius 3 is 2.29 bits per heavy atom. The lowest BCUT2D eigenvalue weighted by molar-refractivity contribution is -0.122. The van der Waals surface area contributed by atoms with Crippen molar-refractivity contribution in [3.63, 3.8) is 0 Å². The number of anilines is 1. The van der Waals surface area contributed by atoms with Crippen LogP contribution in [-0.2, 0) is 4.79 Å². The summed E-state index contributed by atoms with van der Waals surface area (Å²) >= 11 is 6.13. The number of hydrogen-bond donors (Lipinski definition) is 0. The lowest BCUT2D eigenvalue weighted by Gasteiger charge is -2.34. The highest BCUT2D eigenvalue weighted by Crippen LogP contribution is 2.27. The molecular weight excluding hydrogens is 282 g/mol. The van der Waals surface area contributed by atoms with Crippen molar-refractivity contribution in [1.29, 1.82) is 0 Å². The van der Waals surface area contributed by atoms with Crippen LogP contribution in [0.4, 0.5) is 5.69 Å². The van der Waals surface area contributed by atoms with Gasteiger partial charge in [0.25, 0.3) is 0 Å². The second kappa shape index (κ2) is 9.09. The molecule has 0 aliphatic rings. The molecule has 0 radical (unpaired) electrons. The van der Waals surface area contributed by atoms with Crippen LogP contribution >= 0.6 is 11.6 Å². The van der Waals surface area contributed by atoms with Gasteiger partial charge in [-0.2, -0.15) is 0 Å². The molecule has 1 aromatic rings. The molecule has 0 bridgehead atoms. The third-order valence-corrected chi connectivity index (χ3v) is 4.20. The summed E-state index contributed by atoms with van der Waals surface area (Å²) in [5.41, 5.74) is 0.930. The van der Waals surface area contributed by atoms with Gasteiger partial charge >= 0.3 is 0 Å². The van der Waals surface area contributed by atoms with E-state index in [1.807, 2.05) is 36.1 Å². The maximum Gasteiger partial charge on any atom is 0.230 e. The molecule has 0 aliphatic carbocycles. The van der Waals surface area contributed by atoms with E-state index in [4.69, 9.17) is 11.6 Å². The summed E-state index contributed by atoms with van der Waals surface area (Å²) in [6, 6.07) is 7.93. The van der Waals surface area contributed by atoms with Crippen LogP contribution in [0.15, 0.2) is 24.3 Å². The first kappa shape index (κ1) is 18.0. The fourth-order valence-electron chi connectivity index (χ4n) is 2.63. The molecular formula is C18H28ClNO. The van der Waals surface area contributed by atoms with E-state index >= 15 is 0 Å². The second-order valence-corrected chi connectivity index (χ2v) is 6.17. The minimum Gasteiger partial charge on any atom is -0.309 e. The van der Waals surface area contributed by atoms with Crippen LogP contribution in [0.5, 0.6) is 0 Å². The van der Waals surface area contributed by atoms with Gasteiger partial charge in [0.05, 0.1) is 0 Å². The van der Waals surface area contributed by atoms with E-state index in [0.717, 1.165) is 37.8 Å². The molecule has 1 rings (SSSR count). The van der Waals surface area contributed by atoms with Crippen LogP contribution in [0.1, 0.15) is 59.8 Å². The van der Waals surface area contributed by atoms with E-state index < -0.39 is 0 Å². The van der Waals surface area contributed by atoms with Crippen LogP contribution in [0.2, 0.25) is 5.02 Å². The highest BCUT2D eigenvalue weighted by Gasteiger charge is 2.27. The topological polar surface area (TPSA) is 20.3 Å². The first-order chi connectivity index (χ1) is 10.0. The van der Waals surface area contributed by atoms with E-state index in [9.17, 15) is 4.79 Å². The van der Waals surface area contributed by atoms with Gasteiger partial charge in [0, 0.05) is 22.7 Å². The zero-order valence-electron chi connectivity index (χ0n) is 13.7. The lowest BCUT2D eigenvalue weighted by atomic mass is 10.00. The largest absolute Gasteiger partial charge is 0.309 e. The van der Waals surface area contributed by atoms with Gasteiger partial charge in [-0.3, -0.25) is 4.79 Å². The van der Waals surface area contributed by atoms with Crippen molar-refractivity contribution in [3.8, 4) is 0 Å². The minimum atomic E-state index is 0.0418. The van der Waals surface area contributed by atoms with Gasteiger partial charge in [-0.15, -0.1) is 0 Å². The molecule has 0 saturated carbocycles. The van der Waals surface area contributed by atoms with Crippen molar-refractivity contribution in [1.82, 2.24) is 0 Å². The number of rotatable bonds is 8. The van der Waals surface area contributed by atoms with Crippen LogP contribution in [0, 0.1) is 5.92 Å². The van der Waals surface area contributed by atoms with Crippen LogP contribution in [0.25, 0.3) is 0 Å². The highest BCUT2D eigenvalue weighted by atomic mass is 35.5.